The van der Waals surface area contributed by atoms with Crippen molar-refractivity contribution in [1.82, 2.24) is 24.6 Å². The molecule has 2 aromatic heterocycles. The third-order valence-corrected chi connectivity index (χ3v) is 9.25. The number of pyridine rings is 1. The van der Waals surface area contributed by atoms with Crippen LogP contribution in [0.25, 0.3) is 22.6 Å². The fraction of sp³-hybridized carbons (Fsp3) is 0.421. The van der Waals surface area contributed by atoms with Crippen molar-refractivity contribution in [2.75, 3.05) is 29.4 Å². The highest BCUT2D eigenvalue weighted by Crippen LogP contribution is 2.42. The van der Waals surface area contributed by atoms with Crippen molar-refractivity contribution in [2.24, 2.45) is 13.0 Å². The quantitative estimate of drug-likeness (QED) is 0.192. The van der Waals surface area contributed by atoms with Crippen molar-refractivity contribution < 1.29 is 27.5 Å². The molecule has 0 aliphatic carbocycles. The Hall–Kier alpha value is -5.29. The normalized spacial score (nSPS) is 16.5. The predicted octanol–water partition coefficient (Wildman–Crippen LogP) is 7.59. The van der Waals surface area contributed by atoms with E-state index in [-0.39, 0.29) is 41.4 Å². The summed E-state index contributed by atoms with van der Waals surface area (Å²) in [6.07, 6.45) is -1.83. The van der Waals surface area contributed by atoms with Gasteiger partial charge in [-0.2, -0.15) is 18.4 Å². The molecule has 2 aliphatic rings. The van der Waals surface area contributed by atoms with Crippen LogP contribution in [0.2, 0.25) is 0 Å². The molecule has 2 aromatic carbocycles. The molecule has 6 rings (SSSR count). The number of halogens is 3. The van der Waals surface area contributed by atoms with E-state index in [2.05, 4.69) is 28.1 Å². The number of carbonyl (C=O) groups is 2. The van der Waals surface area contributed by atoms with Crippen molar-refractivity contribution in [3.8, 4) is 28.7 Å². The number of rotatable bonds is 7. The molecule has 1 atom stereocenters. The minimum Gasteiger partial charge on any atom is -0.443 e. The van der Waals surface area contributed by atoms with Crippen molar-refractivity contribution in [3.63, 3.8) is 0 Å². The summed E-state index contributed by atoms with van der Waals surface area (Å²) < 4.78 is 51.4. The van der Waals surface area contributed by atoms with Crippen LogP contribution in [0.5, 0.6) is 0 Å². The number of carbonyl (C=O) groups excluding carboxylic acids is 2. The number of anilines is 2. The molecule has 1 saturated heterocycles. The van der Waals surface area contributed by atoms with E-state index in [1.165, 1.54) is 28.3 Å². The zero-order valence-corrected chi connectivity index (χ0v) is 30.1. The van der Waals surface area contributed by atoms with Gasteiger partial charge in [-0.1, -0.05) is 13.0 Å². The lowest BCUT2D eigenvalue weighted by atomic mass is 9.96. The van der Waals surface area contributed by atoms with Gasteiger partial charge in [-0.15, -0.1) is 10.2 Å². The Kier molecular flexibility index (Phi) is 9.85. The zero-order valence-electron chi connectivity index (χ0n) is 30.1. The average Bonchev–Trinajstić information content (AvgIpc) is 3.65. The number of ether oxygens (including phenoxy) is 1. The first-order chi connectivity index (χ1) is 24.6. The number of benzene rings is 2. The fourth-order valence-corrected chi connectivity index (χ4v) is 6.89. The maximum absolute atomic E-state index is 14.7. The van der Waals surface area contributed by atoms with Gasteiger partial charge in [-0.3, -0.25) is 14.6 Å². The second-order valence-electron chi connectivity index (χ2n) is 14.5. The van der Waals surface area contributed by atoms with Crippen LogP contribution in [-0.4, -0.2) is 61.9 Å². The van der Waals surface area contributed by atoms with Gasteiger partial charge in [-0.25, -0.2) is 9.78 Å². The molecule has 4 aromatic rings. The number of piperidine rings is 1. The van der Waals surface area contributed by atoms with E-state index < -0.39 is 29.3 Å². The van der Waals surface area contributed by atoms with Crippen molar-refractivity contribution in [1.29, 1.82) is 5.26 Å². The summed E-state index contributed by atoms with van der Waals surface area (Å²) in [5.41, 5.74) is 0.517. The monoisotopic (exact) mass is 714 g/mol. The lowest BCUT2D eigenvalue weighted by Crippen LogP contribution is -2.37. The number of nitriles is 1. The first-order valence-electron chi connectivity index (χ1n) is 17.2. The summed E-state index contributed by atoms with van der Waals surface area (Å²) in [6.45, 7) is 10.7. The molecule has 14 heteroatoms. The molecule has 0 bridgehead atoms. The summed E-state index contributed by atoms with van der Waals surface area (Å²) in [5, 5.41) is 17.9. The fourth-order valence-electron chi connectivity index (χ4n) is 6.89. The number of aromatic nitrogens is 4. The first-order valence-corrected chi connectivity index (χ1v) is 17.2. The summed E-state index contributed by atoms with van der Waals surface area (Å²) in [4.78, 5) is 37.3. The molecule has 1 fully saturated rings. The van der Waals surface area contributed by atoms with Crippen LogP contribution in [0.1, 0.15) is 80.1 Å². The van der Waals surface area contributed by atoms with Gasteiger partial charge in [0.15, 0.2) is 5.82 Å². The molecule has 0 spiro atoms. The van der Waals surface area contributed by atoms with Crippen LogP contribution >= 0.6 is 0 Å². The molecule has 0 unspecified atom stereocenters. The molecule has 0 radical (unpaired) electrons. The van der Waals surface area contributed by atoms with Gasteiger partial charge < -0.3 is 14.2 Å². The van der Waals surface area contributed by atoms with Crippen molar-refractivity contribution in [3.05, 3.63) is 76.6 Å². The van der Waals surface area contributed by atoms with Gasteiger partial charge in [0.1, 0.15) is 17.7 Å². The Bertz CT molecular complexity index is 2060. The van der Waals surface area contributed by atoms with Crippen LogP contribution < -0.4 is 9.80 Å². The maximum Gasteiger partial charge on any atom is 0.416 e. The lowest BCUT2D eigenvalue weighted by molar-refractivity contribution is -0.138. The number of nitrogens with zero attached hydrogens (tertiary/aromatic N) is 8. The number of alkyl halides is 3. The number of likely N-dealkylation sites (tertiary alicyclic amines) is 1. The minimum absolute atomic E-state index is 0.00701. The second-order valence-corrected chi connectivity index (χ2v) is 14.5. The van der Waals surface area contributed by atoms with E-state index in [0.717, 1.165) is 25.9 Å². The Morgan fingerprint density at radius 1 is 1.10 bits per heavy atom. The molecular weight excluding hydrogens is 673 g/mol. The summed E-state index contributed by atoms with van der Waals surface area (Å²) >= 11 is 0. The Morgan fingerprint density at radius 3 is 2.50 bits per heavy atom. The molecular formula is C38H41F3N8O3. The predicted molar refractivity (Wildman–Crippen MR) is 189 cm³/mol. The SMILES string of the molecule is CCN(C(=O)OC(C)(C)C)c1cc(N2Cc3c(cc(CN4CCC[C@H](C)C4)cc3C(F)(F)F)C2=O)cc(-c2ccc(C#N)cc2-c2nncn2C)n1. The maximum atomic E-state index is 14.7. The van der Waals surface area contributed by atoms with Crippen molar-refractivity contribution in [2.45, 2.75) is 72.3 Å². The van der Waals surface area contributed by atoms with E-state index in [1.807, 2.05) is 0 Å². The molecule has 52 heavy (non-hydrogen) atoms. The van der Waals surface area contributed by atoms with Gasteiger partial charge in [0.2, 0.25) is 0 Å². The van der Waals surface area contributed by atoms with Gasteiger partial charge in [0.05, 0.1) is 35.1 Å². The molecule has 2 amide bonds. The van der Waals surface area contributed by atoms with Gasteiger partial charge in [-0.05, 0) is 94.5 Å². The summed E-state index contributed by atoms with van der Waals surface area (Å²) in [5.74, 6) is 0.393. The van der Waals surface area contributed by atoms with Crippen LogP contribution in [0.15, 0.2) is 48.8 Å². The Morgan fingerprint density at radius 2 is 1.87 bits per heavy atom. The van der Waals surface area contributed by atoms with Crippen LogP contribution in [0.3, 0.4) is 0 Å². The number of amides is 2. The molecule has 272 valence electrons. The molecule has 2 aliphatic heterocycles. The lowest BCUT2D eigenvalue weighted by Gasteiger charge is -2.31. The number of hydrogen-bond acceptors (Lipinski definition) is 8. The number of hydrogen-bond donors (Lipinski definition) is 0. The third kappa shape index (κ3) is 7.50. The Labute approximate surface area is 300 Å². The van der Waals surface area contributed by atoms with Crippen LogP contribution in [-0.2, 0) is 31.1 Å². The standard InChI is InChI=1S/C38H41F3N8O3/c1-7-48(36(51)52-37(3,4)5)33-17-26(16-32(44-33)27-11-10-24(18-42)13-28(27)34-45-43-22-46(34)6)49-21-30-29(35(49)50)14-25(15-31(30)38(39,40)41)20-47-12-8-9-23(2)19-47/h10-11,13-17,22-23H,7-9,12,19-21H2,1-6H3/t23-/m0/s1. The molecule has 0 saturated carbocycles. The van der Waals surface area contributed by atoms with Crippen molar-refractivity contribution >= 4 is 23.5 Å². The topological polar surface area (TPSA) is 120 Å². The van der Waals surface area contributed by atoms with Gasteiger partial charge in [0.25, 0.3) is 5.91 Å². The van der Waals surface area contributed by atoms with E-state index >= 15 is 0 Å². The van der Waals surface area contributed by atoms with Crippen LogP contribution in [0, 0.1) is 17.2 Å². The number of aryl methyl sites for hydroxylation is 1. The van der Waals surface area contributed by atoms with E-state index in [1.54, 1.807) is 69.6 Å². The largest absolute Gasteiger partial charge is 0.443 e. The van der Waals surface area contributed by atoms with Crippen LogP contribution in [0.4, 0.5) is 29.5 Å². The highest BCUT2D eigenvalue weighted by molar-refractivity contribution is 6.11. The zero-order chi connectivity index (χ0) is 37.5. The second kappa shape index (κ2) is 14.0. The van der Waals surface area contributed by atoms with E-state index in [0.29, 0.717) is 40.5 Å². The van der Waals surface area contributed by atoms with Gasteiger partial charge in [0, 0.05) is 49.4 Å². The third-order valence-electron chi connectivity index (χ3n) is 9.25. The molecule has 11 nitrogen and oxygen atoms in total. The molecule has 0 N–H and O–H groups in total. The first kappa shape index (κ1) is 36.5. The number of fused-ring (bicyclic) bond motifs is 1. The van der Waals surface area contributed by atoms with E-state index in [9.17, 15) is 28.0 Å². The van der Waals surface area contributed by atoms with Gasteiger partial charge >= 0.3 is 12.3 Å². The Balaban J connectivity index is 1.49. The highest BCUT2D eigenvalue weighted by Gasteiger charge is 2.41. The highest BCUT2D eigenvalue weighted by atomic mass is 19.4. The summed E-state index contributed by atoms with van der Waals surface area (Å²) in [6, 6.07) is 12.9. The van der Waals surface area contributed by atoms with E-state index in [4.69, 9.17) is 9.72 Å². The minimum atomic E-state index is -4.69. The summed E-state index contributed by atoms with van der Waals surface area (Å²) in [7, 11) is 1.74. The molecule has 4 heterocycles. The smallest absolute Gasteiger partial charge is 0.416 e. The average molecular weight is 715 g/mol.